The zero-order valence-electron chi connectivity index (χ0n) is 9.83. The summed E-state index contributed by atoms with van der Waals surface area (Å²) in [6.45, 7) is 6.78. The number of ketones is 1. The van der Waals surface area contributed by atoms with Crippen LogP contribution in [-0.4, -0.2) is 29.8 Å². The molecule has 2 nitrogen and oxygen atoms in total. The maximum absolute atomic E-state index is 12.0. The van der Waals surface area contributed by atoms with Gasteiger partial charge in [0.25, 0.3) is 0 Å². The first-order valence-corrected chi connectivity index (χ1v) is 6.36. The molecule has 3 aliphatic carbocycles. The summed E-state index contributed by atoms with van der Waals surface area (Å²) in [5.41, 5.74) is 0.211. The molecule has 1 heterocycles. The number of carbonyl (C=O) groups is 1. The average Bonchev–Trinajstić information content (AvgIpc) is 1.87. The lowest BCUT2D eigenvalue weighted by molar-refractivity contribution is -0.164. The van der Waals surface area contributed by atoms with Crippen LogP contribution in [0.15, 0.2) is 0 Å². The molecule has 4 rings (SSSR count). The highest BCUT2D eigenvalue weighted by Gasteiger charge is 2.60. The van der Waals surface area contributed by atoms with Gasteiger partial charge in [-0.2, -0.15) is 0 Å². The lowest BCUT2D eigenvalue weighted by Gasteiger charge is -2.61. The summed E-state index contributed by atoms with van der Waals surface area (Å²) in [5.74, 6) is 2.20. The average molecular weight is 207 g/mol. The van der Waals surface area contributed by atoms with Crippen molar-refractivity contribution < 1.29 is 4.79 Å². The number of hydrogen-bond acceptors (Lipinski definition) is 2. The maximum atomic E-state index is 12.0. The molecule has 4 fully saturated rings. The second-order valence-corrected chi connectivity index (χ2v) is 6.30. The lowest BCUT2D eigenvalue weighted by Crippen LogP contribution is -2.58. The van der Waals surface area contributed by atoms with E-state index in [-0.39, 0.29) is 5.41 Å². The van der Waals surface area contributed by atoms with Crippen LogP contribution >= 0.6 is 0 Å². The minimum Gasteiger partial charge on any atom is -0.300 e. The van der Waals surface area contributed by atoms with Crippen molar-refractivity contribution in [2.45, 2.75) is 45.6 Å². The molecule has 0 unspecified atom stereocenters. The third-order valence-electron chi connectivity index (χ3n) is 4.82. The zero-order chi connectivity index (χ0) is 10.6. The molecule has 0 aromatic carbocycles. The van der Waals surface area contributed by atoms with E-state index in [2.05, 4.69) is 18.7 Å². The highest BCUT2D eigenvalue weighted by Crippen LogP contribution is 2.65. The van der Waals surface area contributed by atoms with Crippen LogP contribution in [0.5, 0.6) is 0 Å². The van der Waals surface area contributed by atoms with Gasteiger partial charge in [-0.1, -0.05) is 0 Å². The Morgan fingerprint density at radius 2 is 1.93 bits per heavy atom. The summed E-state index contributed by atoms with van der Waals surface area (Å²) >= 11 is 0. The predicted octanol–water partition coefficient (Wildman–Crippen LogP) is 2.09. The summed E-state index contributed by atoms with van der Waals surface area (Å²) in [4.78, 5) is 14.5. The van der Waals surface area contributed by atoms with E-state index in [4.69, 9.17) is 0 Å². The first-order chi connectivity index (χ1) is 7.09. The Kier molecular flexibility index (Phi) is 2.01. The van der Waals surface area contributed by atoms with Crippen molar-refractivity contribution in [3.63, 3.8) is 0 Å². The molecule has 2 bridgehead atoms. The number of likely N-dealkylation sites (tertiary alicyclic amines) is 1. The quantitative estimate of drug-likeness (QED) is 0.703. The largest absolute Gasteiger partial charge is 0.300 e. The normalized spacial score (nSPS) is 39.5. The van der Waals surface area contributed by atoms with Crippen molar-refractivity contribution in [3.05, 3.63) is 0 Å². The number of hydrogen-bond donors (Lipinski definition) is 0. The van der Waals surface area contributed by atoms with Crippen LogP contribution in [0.4, 0.5) is 0 Å². The topological polar surface area (TPSA) is 20.3 Å². The summed E-state index contributed by atoms with van der Waals surface area (Å²) < 4.78 is 0. The van der Waals surface area contributed by atoms with Gasteiger partial charge in [-0.05, 0) is 44.9 Å². The van der Waals surface area contributed by atoms with Crippen LogP contribution in [0, 0.1) is 17.3 Å². The Hall–Kier alpha value is -0.370. The molecule has 1 aliphatic heterocycles. The highest BCUT2D eigenvalue weighted by molar-refractivity contribution is 5.88. The number of carbonyl (C=O) groups excluding carboxylic acids is 1. The van der Waals surface area contributed by atoms with Crippen molar-refractivity contribution >= 4 is 5.78 Å². The van der Waals surface area contributed by atoms with E-state index in [1.165, 1.54) is 19.3 Å². The first-order valence-electron chi connectivity index (χ1n) is 6.36. The molecule has 4 aliphatic rings. The van der Waals surface area contributed by atoms with Crippen molar-refractivity contribution in [1.29, 1.82) is 0 Å². The number of nitrogens with zero attached hydrogens (tertiary/aromatic N) is 1. The van der Waals surface area contributed by atoms with Gasteiger partial charge in [0, 0.05) is 31.0 Å². The van der Waals surface area contributed by atoms with Crippen molar-refractivity contribution in [3.8, 4) is 0 Å². The molecular formula is C13H21NO. The molecule has 1 saturated heterocycles. The minimum atomic E-state index is 0.211. The van der Waals surface area contributed by atoms with Gasteiger partial charge in [0.2, 0.25) is 0 Å². The smallest absolute Gasteiger partial charge is 0.139 e. The Labute approximate surface area is 92.0 Å². The molecule has 0 aromatic heterocycles. The van der Waals surface area contributed by atoms with E-state index in [1.807, 2.05) is 0 Å². The van der Waals surface area contributed by atoms with Crippen LogP contribution in [0.2, 0.25) is 0 Å². The maximum Gasteiger partial charge on any atom is 0.139 e. The van der Waals surface area contributed by atoms with E-state index in [9.17, 15) is 4.79 Å². The van der Waals surface area contributed by atoms with Crippen molar-refractivity contribution in [2.75, 3.05) is 13.1 Å². The molecule has 0 aromatic rings. The van der Waals surface area contributed by atoms with Crippen LogP contribution < -0.4 is 0 Å². The monoisotopic (exact) mass is 207 g/mol. The van der Waals surface area contributed by atoms with Crippen LogP contribution in [0.25, 0.3) is 0 Å². The fraction of sp³-hybridized carbons (Fsp3) is 0.923. The zero-order valence-corrected chi connectivity index (χ0v) is 9.83. The molecule has 84 valence electrons. The Bertz CT molecular complexity index is 274. The fourth-order valence-electron chi connectivity index (χ4n) is 3.46. The summed E-state index contributed by atoms with van der Waals surface area (Å²) in [7, 11) is 0. The molecule has 0 amide bonds. The fourth-order valence-corrected chi connectivity index (χ4v) is 3.46. The number of Topliss-reactive ketones (excluding diaryl/α,β-unsaturated/α-hetero) is 1. The summed E-state index contributed by atoms with van der Waals surface area (Å²) in [6, 6.07) is 0.659. The SMILES string of the molecule is CC(C)N1CC(CC(=O)C23CC(C2)C3)C1. The second-order valence-electron chi connectivity index (χ2n) is 6.30. The third kappa shape index (κ3) is 1.37. The Morgan fingerprint density at radius 1 is 1.33 bits per heavy atom. The van der Waals surface area contributed by atoms with Gasteiger partial charge in [0.15, 0.2) is 0 Å². The van der Waals surface area contributed by atoms with Gasteiger partial charge in [-0.15, -0.1) is 0 Å². The van der Waals surface area contributed by atoms with Gasteiger partial charge < -0.3 is 4.90 Å². The van der Waals surface area contributed by atoms with Gasteiger partial charge in [0.1, 0.15) is 5.78 Å². The van der Waals surface area contributed by atoms with Crippen molar-refractivity contribution in [2.24, 2.45) is 17.3 Å². The van der Waals surface area contributed by atoms with Crippen LogP contribution in [-0.2, 0) is 4.79 Å². The van der Waals surface area contributed by atoms with Gasteiger partial charge in [-0.3, -0.25) is 4.79 Å². The van der Waals surface area contributed by atoms with Gasteiger partial charge in [-0.25, -0.2) is 0 Å². The summed E-state index contributed by atoms with van der Waals surface area (Å²) in [6.07, 6.45) is 4.56. The Morgan fingerprint density at radius 3 is 2.33 bits per heavy atom. The number of rotatable bonds is 4. The molecule has 0 spiro atoms. The standard InChI is InChI=1S/C13H21NO/c1-9(2)14-7-10(8-14)3-12(15)13-4-11(5-13)6-13/h9-11H,3-8H2,1-2H3. The van der Waals surface area contributed by atoms with Gasteiger partial charge >= 0.3 is 0 Å². The second kappa shape index (κ2) is 3.07. The molecular weight excluding hydrogens is 186 g/mol. The highest BCUT2D eigenvalue weighted by atomic mass is 16.1. The third-order valence-corrected chi connectivity index (χ3v) is 4.82. The summed E-state index contributed by atoms with van der Waals surface area (Å²) in [5, 5.41) is 0. The van der Waals surface area contributed by atoms with E-state index < -0.39 is 0 Å². The molecule has 3 saturated carbocycles. The van der Waals surface area contributed by atoms with E-state index in [0.29, 0.717) is 17.7 Å². The van der Waals surface area contributed by atoms with Crippen LogP contribution in [0.3, 0.4) is 0 Å². The molecule has 0 N–H and O–H groups in total. The minimum absolute atomic E-state index is 0.211. The molecule has 0 atom stereocenters. The van der Waals surface area contributed by atoms with E-state index >= 15 is 0 Å². The Balaban J connectivity index is 1.45. The van der Waals surface area contributed by atoms with Gasteiger partial charge in [0.05, 0.1) is 0 Å². The molecule has 0 radical (unpaired) electrons. The van der Waals surface area contributed by atoms with Crippen LogP contribution in [0.1, 0.15) is 39.5 Å². The van der Waals surface area contributed by atoms with E-state index in [0.717, 1.165) is 25.4 Å². The van der Waals surface area contributed by atoms with E-state index in [1.54, 1.807) is 0 Å². The lowest BCUT2D eigenvalue weighted by atomic mass is 9.42. The first kappa shape index (κ1) is 9.83. The molecule has 15 heavy (non-hydrogen) atoms. The van der Waals surface area contributed by atoms with Crippen molar-refractivity contribution in [1.82, 2.24) is 4.90 Å². The molecule has 2 heteroatoms. The predicted molar refractivity (Wildman–Crippen MR) is 59.6 cm³/mol.